The van der Waals surface area contributed by atoms with E-state index in [1.807, 2.05) is 0 Å². The van der Waals surface area contributed by atoms with Crippen molar-refractivity contribution in [2.24, 2.45) is 0 Å². The highest BCUT2D eigenvalue weighted by atomic mass is 32.2. The van der Waals surface area contributed by atoms with Crippen LogP contribution in [0.4, 0.5) is 23.2 Å². The summed E-state index contributed by atoms with van der Waals surface area (Å²) in [5, 5.41) is 10.3. The molecule has 5 heterocycles. The van der Waals surface area contributed by atoms with Gasteiger partial charge in [0.1, 0.15) is 18.3 Å². The van der Waals surface area contributed by atoms with Gasteiger partial charge in [0.2, 0.25) is 17.6 Å². The number of thiophene rings is 1. The average Bonchev–Trinajstić information content (AvgIpc) is 3.56. The number of aromatic nitrogens is 2. The largest absolute Gasteiger partial charge is 0.446 e. The number of nitrogens with one attached hydrogen (secondary N) is 2. The standard InChI is InChI=1S/C24H25F4N5O4S2/c1-35-17-7-16(30-22(17)34)23-31-21(32-37-23)20-19(39-24(26,27)28)12-3-2-4-15(18(12)38-20)29-14-5-6-33(8-13(14)25)11-9-36-10-11/h2-4,11,13-14,16-17,29H,5-10H2,1H3,(H,30,34)/t13-,14+,16+,17-/m0/s1. The summed E-state index contributed by atoms with van der Waals surface area (Å²) in [6, 6.07) is 4.15. The monoisotopic (exact) mass is 587 g/mol. The molecule has 3 aromatic rings. The lowest BCUT2D eigenvalue weighted by atomic mass is 10.00. The van der Waals surface area contributed by atoms with Crippen LogP contribution < -0.4 is 10.6 Å². The Labute approximate surface area is 228 Å². The van der Waals surface area contributed by atoms with Gasteiger partial charge in [0.15, 0.2) is 0 Å². The molecule has 0 aliphatic carbocycles. The Morgan fingerprint density at radius 3 is 2.79 bits per heavy atom. The van der Waals surface area contributed by atoms with Crippen LogP contribution in [0.2, 0.25) is 0 Å². The number of carbonyl (C=O) groups is 1. The molecule has 2 aromatic heterocycles. The van der Waals surface area contributed by atoms with Gasteiger partial charge in [-0.25, -0.2) is 4.39 Å². The number of halogens is 4. The molecule has 0 radical (unpaired) electrons. The van der Waals surface area contributed by atoms with Crippen molar-refractivity contribution in [3.8, 4) is 10.7 Å². The number of likely N-dealkylation sites (tertiary alicyclic amines) is 1. The summed E-state index contributed by atoms with van der Waals surface area (Å²) < 4.78 is 72.3. The highest BCUT2D eigenvalue weighted by molar-refractivity contribution is 8.00. The Bertz CT molecular complexity index is 1360. The lowest BCUT2D eigenvalue weighted by Gasteiger charge is -2.43. The number of anilines is 1. The first kappa shape index (κ1) is 26.7. The van der Waals surface area contributed by atoms with Crippen LogP contribution >= 0.6 is 23.1 Å². The van der Waals surface area contributed by atoms with Crippen molar-refractivity contribution in [2.45, 2.75) is 53.6 Å². The molecule has 15 heteroatoms. The molecule has 210 valence electrons. The zero-order valence-electron chi connectivity index (χ0n) is 20.7. The first-order valence-electron chi connectivity index (χ1n) is 12.4. The number of methoxy groups -OCH3 is 1. The number of nitrogens with zero attached hydrogens (tertiary/aromatic N) is 3. The lowest BCUT2D eigenvalue weighted by molar-refractivity contribution is -0.127. The first-order chi connectivity index (χ1) is 18.7. The van der Waals surface area contributed by atoms with Gasteiger partial charge in [0.05, 0.1) is 40.6 Å². The van der Waals surface area contributed by atoms with E-state index in [2.05, 4.69) is 25.7 Å². The van der Waals surface area contributed by atoms with E-state index in [-0.39, 0.29) is 58.2 Å². The number of amides is 1. The number of piperidine rings is 1. The van der Waals surface area contributed by atoms with E-state index >= 15 is 4.39 Å². The summed E-state index contributed by atoms with van der Waals surface area (Å²) in [6.07, 6.45) is -0.998. The van der Waals surface area contributed by atoms with Crippen LogP contribution in [0.3, 0.4) is 0 Å². The molecule has 0 saturated carbocycles. The van der Waals surface area contributed by atoms with Crippen molar-refractivity contribution in [2.75, 3.05) is 38.7 Å². The Morgan fingerprint density at radius 2 is 2.13 bits per heavy atom. The van der Waals surface area contributed by atoms with E-state index in [1.165, 1.54) is 7.11 Å². The summed E-state index contributed by atoms with van der Waals surface area (Å²) in [5.74, 6) is -0.259. The first-order valence-corrected chi connectivity index (χ1v) is 14.0. The molecular formula is C24H25F4N5O4S2. The van der Waals surface area contributed by atoms with Gasteiger partial charge in [-0.1, -0.05) is 17.3 Å². The van der Waals surface area contributed by atoms with Crippen LogP contribution in [0, 0.1) is 0 Å². The third-order valence-electron chi connectivity index (χ3n) is 7.22. The van der Waals surface area contributed by atoms with E-state index in [0.29, 0.717) is 42.0 Å². The Balaban J connectivity index is 1.30. The molecule has 4 atom stereocenters. The topological polar surface area (TPSA) is 102 Å². The number of alkyl halides is 4. The molecule has 6 rings (SSSR count). The lowest BCUT2D eigenvalue weighted by Crippen LogP contribution is -2.57. The fraction of sp³-hybridized carbons (Fsp3) is 0.542. The molecule has 0 unspecified atom stereocenters. The van der Waals surface area contributed by atoms with E-state index < -0.39 is 29.9 Å². The quantitative estimate of drug-likeness (QED) is 0.308. The fourth-order valence-electron chi connectivity index (χ4n) is 5.11. The van der Waals surface area contributed by atoms with Crippen molar-refractivity contribution in [3.63, 3.8) is 0 Å². The van der Waals surface area contributed by atoms with Gasteiger partial charge < -0.3 is 24.6 Å². The fourth-order valence-corrected chi connectivity index (χ4v) is 7.22. The highest BCUT2D eigenvalue weighted by Gasteiger charge is 2.39. The number of thioether (sulfide) groups is 1. The third-order valence-corrected chi connectivity index (χ3v) is 9.45. The third kappa shape index (κ3) is 5.34. The molecular weight excluding hydrogens is 562 g/mol. The van der Waals surface area contributed by atoms with Gasteiger partial charge in [-0.3, -0.25) is 9.69 Å². The summed E-state index contributed by atoms with van der Waals surface area (Å²) in [7, 11) is 1.41. The van der Waals surface area contributed by atoms with Crippen molar-refractivity contribution in [1.82, 2.24) is 20.4 Å². The van der Waals surface area contributed by atoms with Crippen LogP contribution in [0.15, 0.2) is 27.6 Å². The molecule has 3 aliphatic heterocycles. The maximum atomic E-state index is 15.1. The second-order valence-corrected chi connectivity index (χ2v) is 11.8. The van der Waals surface area contributed by atoms with Crippen molar-refractivity contribution >= 4 is 44.8 Å². The van der Waals surface area contributed by atoms with Crippen molar-refractivity contribution < 1.29 is 36.4 Å². The summed E-state index contributed by atoms with van der Waals surface area (Å²) in [4.78, 5) is 18.5. The van der Waals surface area contributed by atoms with Crippen LogP contribution in [-0.2, 0) is 14.3 Å². The molecule has 1 amide bonds. The smallest absolute Gasteiger partial charge is 0.378 e. The highest BCUT2D eigenvalue weighted by Crippen LogP contribution is 2.51. The second-order valence-electron chi connectivity index (χ2n) is 9.71. The molecule has 1 aromatic carbocycles. The van der Waals surface area contributed by atoms with Gasteiger partial charge in [-0.15, -0.1) is 11.3 Å². The molecule has 39 heavy (non-hydrogen) atoms. The van der Waals surface area contributed by atoms with Gasteiger partial charge in [-0.05, 0) is 24.2 Å². The van der Waals surface area contributed by atoms with Gasteiger partial charge in [0.25, 0.3) is 0 Å². The minimum atomic E-state index is -4.56. The van der Waals surface area contributed by atoms with Gasteiger partial charge in [-0.2, -0.15) is 18.2 Å². The number of ether oxygens (including phenoxy) is 2. The molecule has 3 fully saturated rings. The van der Waals surface area contributed by atoms with Gasteiger partial charge in [0, 0.05) is 36.9 Å². The van der Waals surface area contributed by atoms with Crippen LogP contribution in [0.1, 0.15) is 24.8 Å². The van der Waals surface area contributed by atoms with Gasteiger partial charge >= 0.3 is 5.51 Å². The molecule has 0 bridgehead atoms. The number of rotatable bonds is 7. The van der Waals surface area contributed by atoms with Crippen LogP contribution in [0.25, 0.3) is 20.8 Å². The van der Waals surface area contributed by atoms with E-state index in [9.17, 15) is 18.0 Å². The minimum Gasteiger partial charge on any atom is -0.378 e. The van der Waals surface area contributed by atoms with Crippen molar-refractivity contribution in [3.05, 3.63) is 24.1 Å². The SMILES string of the molecule is CO[C@H]1C[C@H](c2nc(-c3sc4c(N[C@@H]5CCN(C6COC6)C[C@@H]5F)cccc4c3SC(F)(F)F)no2)NC1=O. The van der Waals surface area contributed by atoms with Crippen LogP contribution in [0.5, 0.6) is 0 Å². The number of benzene rings is 1. The molecule has 0 spiro atoms. The molecule has 3 aliphatic rings. The Hall–Kier alpha value is -2.46. The zero-order chi connectivity index (χ0) is 27.3. The summed E-state index contributed by atoms with van der Waals surface area (Å²) in [5.41, 5.74) is -4.01. The molecule has 9 nitrogen and oxygen atoms in total. The maximum absolute atomic E-state index is 15.1. The predicted octanol–water partition coefficient (Wildman–Crippen LogP) is 4.36. The number of carbonyl (C=O) groups excluding carboxylic acids is 1. The molecule has 3 saturated heterocycles. The number of hydrogen-bond acceptors (Lipinski definition) is 10. The maximum Gasteiger partial charge on any atom is 0.446 e. The Kier molecular flexibility index (Phi) is 7.20. The number of hydrogen-bond donors (Lipinski definition) is 2. The summed E-state index contributed by atoms with van der Waals surface area (Å²) >= 11 is 0.835. The molecule has 2 N–H and O–H groups in total. The van der Waals surface area contributed by atoms with Crippen LogP contribution in [-0.4, -0.2) is 84.2 Å². The average molecular weight is 588 g/mol. The Morgan fingerprint density at radius 1 is 1.31 bits per heavy atom. The zero-order valence-corrected chi connectivity index (χ0v) is 22.3. The minimum absolute atomic E-state index is 0.0154. The van der Waals surface area contributed by atoms with E-state index in [4.69, 9.17) is 14.0 Å². The second kappa shape index (κ2) is 10.5. The summed E-state index contributed by atoms with van der Waals surface area (Å²) in [6.45, 7) is 2.21. The van der Waals surface area contributed by atoms with E-state index in [0.717, 1.165) is 11.3 Å². The normalized spacial score (nSPS) is 26.6. The van der Waals surface area contributed by atoms with E-state index in [1.54, 1.807) is 18.2 Å². The predicted molar refractivity (Wildman–Crippen MR) is 136 cm³/mol. The van der Waals surface area contributed by atoms with Crippen molar-refractivity contribution in [1.29, 1.82) is 0 Å². The number of fused-ring (bicyclic) bond motifs is 1.